The molecule has 0 radical (unpaired) electrons. The molecule has 1 N–H and O–H groups in total. The summed E-state index contributed by atoms with van der Waals surface area (Å²) in [6.07, 6.45) is 1.47. The van der Waals surface area contributed by atoms with Crippen molar-refractivity contribution in [3.05, 3.63) is 47.0 Å². The summed E-state index contributed by atoms with van der Waals surface area (Å²) >= 11 is 6.03. The molecule has 1 aliphatic heterocycles. The van der Waals surface area contributed by atoms with Crippen LogP contribution >= 0.6 is 11.6 Å². The first kappa shape index (κ1) is 20.8. The second-order valence-electron chi connectivity index (χ2n) is 6.32. The maximum Gasteiger partial charge on any atom is 0.261 e. The molecule has 1 heterocycles. The van der Waals surface area contributed by atoms with E-state index >= 15 is 0 Å². The summed E-state index contributed by atoms with van der Waals surface area (Å²) in [5.74, 6) is 0.349. The van der Waals surface area contributed by atoms with Gasteiger partial charge in [0.15, 0.2) is 0 Å². The molecule has 0 saturated heterocycles. The summed E-state index contributed by atoms with van der Waals surface area (Å²) in [7, 11) is -5.90. The molecule has 0 aromatic heterocycles. The van der Waals surface area contributed by atoms with Crippen molar-refractivity contribution in [1.29, 1.82) is 0 Å². The molecule has 10 heteroatoms. The van der Waals surface area contributed by atoms with Crippen LogP contribution in [0.2, 0.25) is 5.02 Å². The Balaban J connectivity index is 1.95. The van der Waals surface area contributed by atoms with E-state index in [2.05, 4.69) is 4.72 Å². The Kier molecular flexibility index (Phi) is 5.79. The summed E-state index contributed by atoms with van der Waals surface area (Å²) in [4.78, 5) is -0.0194. The van der Waals surface area contributed by atoms with Crippen LogP contribution in [0.4, 0.5) is 11.4 Å². The van der Waals surface area contributed by atoms with E-state index < -0.39 is 20.0 Å². The zero-order chi connectivity index (χ0) is 20.5. The van der Waals surface area contributed by atoms with Gasteiger partial charge >= 0.3 is 0 Å². The van der Waals surface area contributed by atoms with Gasteiger partial charge in [-0.1, -0.05) is 17.7 Å². The molecule has 0 fully saturated rings. The van der Waals surface area contributed by atoms with Crippen LogP contribution in [-0.4, -0.2) is 36.2 Å². The summed E-state index contributed by atoms with van der Waals surface area (Å²) in [5.41, 5.74) is 1.67. The monoisotopic (exact) mass is 444 g/mol. The highest BCUT2D eigenvalue weighted by molar-refractivity contribution is 7.93. The van der Waals surface area contributed by atoms with Crippen molar-refractivity contribution >= 4 is 43.0 Å². The van der Waals surface area contributed by atoms with Crippen molar-refractivity contribution in [2.24, 2.45) is 0 Å². The number of halogens is 1. The molecular formula is C18H21ClN2O5S2. The quantitative estimate of drug-likeness (QED) is 0.738. The van der Waals surface area contributed by atoms with Crippen molar-refractivity contribution < 1.29 is 21.6 Å². The largest absolute Gasteiger partial charge is 0.495 e. The summed E-state index contributed by atoms with van der Waals surface area (Å²) in [6.45, 7) is 1.97. The molecule has 0 aliphatic carbocycles. The second-order valence-corrected chi connectivity index (χ2v) is 10.6. The van der Waals surface area contributed by atoms with Crippen LogP contribution in [0.15, 0.2) is 41.3 Å². The van der Waals surface area contributed by atoms with Gasteiger partial charge in [-0.2, -0.15) is 0 Å². The highest BCUT2D eigenvalue weighted by Crippen LogP contribution is 2.33. The minimum Gasteiger partial charge on any atom is -0.495 e. The maximum atomic E-state index is 12.7. The predicted octanol–water partition coefficient (Wildman–Crippen LogP) is 3.25. The Hall–Kier alpha value is -1.97. The van der Waals surface area contributed by atoms with Crippen LogP contribution < -0.4 is 13.8 Å². The number of benzene rings is 2. The van der Waals surface area contributed by atoms with Crippen LogP contribution in [0.1, 0.15) is 18.9 Å². The van der Waals surface area contributed by atoms with Crippen LogP contribution in [0.5, 0.6) is 5.75 Å². The van der Waals surface area contributed by atoms with E-state index in [1.54, 1.807) is 25.1 Å². The second kappa shape index (κ2) is 7.81. The number of nitrogens with one attached hydrogen (secondary N) is 1. The molecule has 2 aromatic carbocycles. The van der Waals surface area contributed by atoms with E-state index in [4.69, 9.17) is 16.3 Å². The minimum atomic E-state index is -3.90. The van der Waals surface area contributed by atoms with E-state index in [0.29, 0.717) is 18.0 Å². The highest BCUT2D eigenvalue weighted by atomic mass is 35.5. The third-order valence-corrected chi connectivity index (χ3v) is 8.00. The van der Waals surface area contributed by atoms with Crippen LogP contribution in [0.3, 0.4) is 0 Å². The fourth-order valence-electron chi connectivity index (χ4n) is 3.08. The van der Waals surface area contributed by atoms with Crippen molar-refractivity contribution in [2.45, 2.75) is 24.7 Å². The lowest BCUT2D eigenvalue weighted by molar-refractivity contribution is 0.414. The summed E-state index contributed by atoms with van der Waals surface area (Å²) in [5, 5.41) is 0.177. The molecule has 0 amide bonds. The van der Waals surface area contributed by atoms with Gasteiger partial charge < -0.3 is 4.74 Å². The number of nitrogens with zero attached hydrogens (tertiary/aromatic N) is 1. The topological polar surface area (TPSA) is 92.8 Å². The third-order valence-electron chi connectivity index (χ3n) is 4.55. The maximum absolute atomic E-state index is 12.7. The van der Waals surface area contributed by atoms with Gasteiger partial charge in [0.05, 0.1) is 34.2 Å². The van der Waals surface area contributed by atoms with Gasteiger partial charge in [0.1, 0.15) is 5.75 Å². The number of aryl methyl sites for hydroxylation is 1. The van der Waals surface area contributed by atoms with Gasteiger partial charge in [-0.15, -0.1) is 0 Å². The molecule has 2 aromatic rings. The highest BCUT2D eigenvalue weighted by Gasteiger charge is 2.27. The average molecular weight is 445 g/mol. The first-order chi connectivity index (χ1) is 13.2. The number of hydrogen-bond acceptors (Lipinski definition) is 5. The third kappa shape index (κ3) is 4.06. The van der Waals surface area contributed by atoms with Gasteiger partial charge in [0, 0.05) is 6.54 Å². The molecule has 1 aliphatic rings. The lowest BCUT2D eigenvalue weighted by atomic mass is 10.0. The first-order valence-corrected chi connectivity index (χ1v) is 12.1. The van der Waals surface area contributed by atoms with Gasteiger partial charge in [-0.05, 0) is 55.7 Å². The zero-order valence-electron chi connectivity index (χ0n) is 15.5. The van der Waals surface area contributed by atoms with E-state index in [-0.39, 0.29) is 21.4 Å². The van der Waals surface area contributed by atoms with Gasteiger partial charge in [0.2, 0.25) is 10.0 Å². The lowest BCUT2D eigenvalue weighted by Gasteiger charge is -2.30. The molecule has 28 heavy (non-hydrogen) atoms. The van der Waals surface area contributed by atoms with Crippen molar-refractivity contribution in [2.75, 3.05) is 28.4 Å². The molecule has 0 bridgehead atoms. The molecule has 0 spiro atoms. The molecule has 3 rings (SSSR count). The fraction of sp³-hybridized carbons (Fsp3) is 0.333. The number of anilines is 2. The first-order valence-electron chi connectivity index (χ1n) is 8.67. The van der Waals surface area contributed by atoms with Crippen molar-refractivity contribution in [3.63, 3.8) is 0 Å². The number of fused-ring (bicyclic) bond motifs is 1. The van der Waals surface area contributed by atoms with Gasteiger partial charge in [-0.25, -0.2) is 16.8 Å². The Morgan fingerprint density at radius 1 is 1.14 bits per heavy atom. The molecule has 0 atom stereocenters. The molecule has 7 nitrogen and oxygen atoms in total. The molecular weight excluding hydrogens is 424 g/mol. The number of methoxy groups -OCH3 is 1. The van der Waals surface area contributed by atoms with Crippen molar-refractivity contribution in [3.8, 4) is 5.75 Å². The smallest absolute Gasteiger partial charge is 0.261 e. The average Bonchev–Trinajstić information content (AvgIpc) is 2.67. The fourth-order valence-corrected chi connectivity index (χ4v) is 5.66. The molecule has 0 saturated carbocycles. The number of rotatable bonds is 6. The molecule has 152 valence electrons. The Labute approximate surface area is 170 Å². The number of sulfonamides is 2. The van der Waals surface area contributed by atoms with Crippen LogP contribution in [0, 0.1) is 0 Å². The SMILES string of the molecule is CCS(=O)(=O)N1CCCc2ccc(NS(=O)(=O)c3ccc(OC)c(Cl)c3)cc21. The normalized spacial score (nSPS) is 14.5. The van der Waals surface area contributed by atoms with E-state index in [1.807, 2.05) is 0 Å². The van der Waals surface area contributed by atoms with Gasteiger partial charge in [0.25, 0.3) is 10.0 Å². The summed E-state index contributed by atoms with van der Waals surface area (Å²) in [6, 6.07) is 9.10. The lowest BCUT2D eigenvalue weighted by Crippen LogP contribution is -2.36. The van der Waals surface area contributed by atoms with Gasteiger partial charge in [-0.3, -0.25) is 9.03 Å². The van der Waals surface area contributed by atoms with Crippen molar-refractivity contribution in [1.82, 2.24) is 0 Å². The van der Waals surface area contributed by atoms with Crippen LogP contribution in [-0.2, 0) is 26.5 Å². The van der Waals surface area contributed by atoms with E-state index in [1.165, 1.54) is 29.6 Å². The van der Waals surface area contributed by atoms with Crippen LogP contribution in [0.25, 0.3) is 0 Å². The Bertz CT molecular complexity index is 1100. The Morgan fingerprint density at radius 2 is 1.89 bits per heavy atom. The Morgan fingerprint density at radius 3 is 2.54 bits per heavy atom. The number of ether oxygens (including phenoxy) is 1. The summed E-state index contributed by atoms with van der Waals surface area (Å²) < 4.78 is 59.1. The standard InChI is InChI=1S/C18H21ClN2O5S2/c1-3-27(22,23)21-10-4-5-13-6-7-14(11-17(13)21)20-28(24,25)15-8-9-18(26-2)16(19)12-15/h6-9,11-12,20H,3-5,10H2,1-2H3. The number of hydrogen-bond donors (Lipinski definition) is 1. The van der Waals surface area contributed by atoms with E-state index in [0.717, 1.165) is 18.4 Å². The predicted molar refractivity (Wildman–Crippen MR) is 110 cm³/mol. The zero-order valence-corrected chi connectivity index (χ0v) is 17.9. The molecule has 0 unspecified atom stereocenters. The van der Waals surface area contributed by atoms with E-state index in [9.17, 15) is 16.8 Å². The minimum absolute atomic E-state index is 0.0194.